The van der Waals surface area contributed by atoms with Crippen molar-refractivity contribution in [2.75, 3.05) is 0 Å². The maximum Gasteiger partial charge on any atom is 0.330 e. The first-order valence-corrected chi connectivity index (χ1v) is 5.14. The van der Waals surface area contributed by atoms with Crippen molar-refractivity contribution in [1.29, 1.82) is 0 Å². The van der Waals surface area contributed by atoms with Gasteiger partial charge in [-0.2, -0.15) is 0 Å². The Morgan fingerprint density at radius 1 is 1.28 bits per heavy atom. The van der Waals surface area contributed by atoms with Gasteiger partial charge in [0, 0.05) is 12.3 Å². The number of hydrogen-bond donors (Lipinski definition) is 1. The SMILES string of the molecule is CC(=O)On1c(=O)c(C(N)=O)cc2ccccc21. The van der Waals surface area contributed by atoms with Gasteiger partial charge >= 0.3 is 5.97 Å². The Morgan fingerprint density at radius 3 is 2.56 bits per heavy atom. The van der Waals surface area contributed by atoms with E-state index < -0.39 is 17.4 Å². The second-order valence-electron chi connectivity index (χ2n) is 3.66. The van der Waals surface area contributed by atoms with Crippen LogP contribution in [0.3, 0.4) is 0 Å². The number of carbonyl (C=O) groups excluding carboxylic acids is 2. The van der Waals surface area contributed by atoms with E-state index in [2.05, 4.69) is 0 Å². The molecule has 0 aliphatic carbocycles. The van der Waals surface area contributed by atoms with Crippen LogP contribution in [0.25, 0.3) is 10.9 Å². The summed E-state index contributed by atoms with van der Waals surface area (Å²) >= 11 is 0. The summed E-state index contributed by atoms with van der Waals surface area (Å²) in [5, 5.41) is 0.576. The fraction of sp³-hybridized carbons (Fsp3) is 0.0833. The van der Waals surface area contributed by atoms with Crippen LogP contribution < -0.4 is 16.1 Å². The van der Waals surface area contributed by atoms with E-state index in [1.165, 1.54) is 6.07 Å². The zero-order valence-corrected chi connectivity index (χ0v) is 9.54. The molecule has 0 aliphatic heterocycles. The van der Waals surface area contributed by atoms with Crippen LogP contribution in [0.2, 0.25) is 0 Å². The molecule has 0 spiro atoms. The van der Waals surface area contributed by atoms with Crippen molar-refractivity contribution in [2.45, 2.75) is 6.92 Å². The van der Waals surface area contributed by atoms with E-state index in [1.807, 2.05) is 0 Å². The van der Waals surface area contributed by atoms with Gasteiger partial charge in [-0.15, -0.1) is 4.73 Å². The molecule has 0 bridgehead atoms. The van der Waals surface area contributed by atoms with Crippen molar-refractivity contribution in [3.05, 3.63) is 46.2 Å². The minimum Gasteiger partial charge on any atom is -0.365 e. The molecule has 0 fully saturated rings. The molecule has 6 heteroatoms. The number of rotatable bonds is 2. The van der Waals surface area contributed by atoms with Crippen LogP contribution in [0, 0.1) is 0 Å². The van der Waals surface area contributed by atoms with Crippen LogP contribution in [0.1, 0.15) is 17.3 Å². The van der Waals surface area contributed by atoms with Gasteiger partial charge in [0.2, 0.25) is 0 Å². The molecule has 1 aromatic heterocycles. The molecule has 0 saturated heterocycles. The molecule has 6 nitrogen and oxygen atoms in total. The van der Waals surface area contributed by atoms with Crippen molar-refractivity contribution in [2.24, 2.45) is 5.73 Å². The highest BCUT2D eigenvalue weighted by molar-refractivity contribution is 5.96. The Labute approximate surface area is 102 Å². The lowest BCUT2D eigenvalue weighted by Gasteiger charge is -2.09. The second kappa shape index (κ2) is 4.33. The van der Waals surface area contributed by atoms with E-state index in [1.54, 1.807) is 24.3 Å². The summed E-state index contributed by atoms with van der Waals surface area (Å²) in [7, 11) is 0. The van der Waals surface area contributed by atoms with Crippen LogP contribution in [0.15, 0.2) is 35.1 Å². The topological polar surface area (TPSA) is 91.4 Å². The predicted octanol–water partition coefficient (Wildman–Crippen LogP) is 0.0755. The van der Waals surface area contributed by atoms with E-state index in [4.69, 9.17) is 10.6 Å². The zero-order valence-electron chi connectivity index (χ0n) is 9.54. The first kappa shape index (κ1) is 11.8. The Kier molecular flexibility index (Phi) is 2.85. The summed E-state index contributed by atoms with van der Waals surface area (Å²) in [5.41, 5.74) is 4.52. The highest BCUT2D eigenvalue weighted by Gasteiger charge is 2.14. The van der Waals surface area contributed by atoms with Gasteiger partial charge < -0.3 is 10.6 Å². The van der Waals surface area contributed by atoms with Gasteiger partial charge in [-0.3, -0.25) is 9.59 Å². The fourth-order valence-electron chi connectivity index (χ4n) is 1.63. The van der Waals surface area contributed by atoms with E-state index in [9.17, 15) is 14.4 Å². The molecule has 0 aliphatic rings. The van der Waals surface area contributed by atoms with Gasteiger partial charge in [0.25, 0.3) is 11.5 Å². The van der Waals surface area contributed by atoms with Crippen LogP contribution in [-0.4, -0.2) is 16.6 Å². The molecule has 0 atom stereocenters. The molecule has 2 rings (SSSR count). The van der Waals surface area contributed by atoms with Crippen LogP contribution >= 0.6 is 0 Å². The van der Waals surface area contributed by atoms with Gasteiger partial charge in [0.05, 0.1) is 5.52 Å². The standard InChI is InChI=1S/C12H10N2O4/c1-7(15)18-14-10-5-3-2-4-8(10)6-9(11(13)16)12(14)17/h2-6H,1H3,(H2,13,16). The van der Waals surface area contributed by atoms with Crippen LogP contribution in [0.4, 0.5) is 0 Å². The lowest BCUT2D eigenvalue weighted by Crippen LogP contribution is -2.35. The third-order valence-electron chi connectivity index (χ3n) is 2.36. The molecule has 0 saturated carbocycles. The molecule has 1 heterocycles. The molecule has 18 heavy (non-hydrogen) atoms. The van der Waals surface area contributed by atoms with E-state index >= 15 is 0 Å². The van der Waals surface area contributed by atoms with E-state index in [-0.39, 0.29) is 5.56 Å². The number of hydrogen-bond acceptors (Lipinski definition) is 4. The summed E-state index contributed by atoms with van der Waals surface area (Å²) in [5.74, 6) is -1.53. The summed E-state index contributed by atoms with van der Waals surface area (Å²) in [4.78, 5) is 38.9. The average molecular weight is 246 g/mol. The molecule has 0 radical (unpaired) electrons. The summed E-state index contributed by atoms with van der Waals surface area (Å²) in [6, 6.07) is 8.08. The molecule has 92 valence electrons. The minimum absolute atomic E-state index is 0.227. The Balaban J connectivity index is 2.85. The number of nitrogens with two attached hydrogens (primary N) is 1. The number of carbonyl (C=O) groups is 2. The zero-order chi connectivity index (χ0) is 13.3. The van der Waals surface area contributed by atoms with Crippen LogP contribution in [0.5, 0.6) is 0 Å². The Bertz CT molecular complexity index is 703. The van der Waals surface area contributed by atoms with Crippen molar-refractivity contribution in [3.8, 4) is 0 Å². The van der Waals surface area contributed by atoms with E-state index in [0.717, 1.165) is 11.7 Å². The maximum absolute atomic E-state index is 11.9. The smallest absolute Gasteiger partial charge is 0.330 e. The average Bonchev–Trinajstić information content (AvgIpc) is 2.31. The predicted molar refractivity (Wildman–Crippen MR) is 64.0 cm³/mol. The molecule has 0 unspecified atom stereocenters. The number of nitrogens with zero attached hydrogens (tertiary/aromatic N) is 1. The summed E-state index contributed by atoms with van der Waals surface area (Å²) < 4.78 is 0.776. The molecule has 2 aromatic rings. The normalized spacial score (nSPS) is 10.3. The van der Waals surface area contributed by atoms with Gasteiger partial charge in [-0.25, -0.2) is 4.79 Å². The molecular weight excluding hydrogens is 236 g/mol. The Hall–Kier alpha value is -2.63. The first-order chi connectivity index (χ1) is 8.50. The molecular formula is C12H10N2O4. The number of benzene rings is 1. The lowest BCUT2D eigenvalue weighted by atomic mass is 10.1. The Morgan fingerprint density at radius 2 is 1.94 bits per heavy atom. The van der Waals surface area contributed by atoms with Crippen molar-refractivity contribution in [3.63, 3.8) is 0 Å². The van der Waals surface area contributed by atoms with Crippen molar-refractivity contribution in [1.82, 2.24) is 4.73 Å². The third-order valence-corrected chi connectivity index (χ3v) is 2.36. The monoisotopic (exact) mass is 246 g/mol. The summed E-state index contributed by atoms with van der Waals surface area (Å²) in [6.45, 7) is 1.16. The molecule has 1 aromatic carbocycles. The highest BCUT2D eigenvalue weighted by atomic mass is 16.7. The number of aromatic nitrogens is 1. The number of para-hydroxylation sites is 1. The third kappa shape index (κ3) is 1.95. The van der Waals surface area contributed by atoms with Gasteiger partial charge in [0.1, 0.15) is 5.56 Å². The summed E-state index contributed by atoms with van der Waals surface area (Å²) in [6.07, 6.45) is 0. The fourth-order valence-corrected chi connectivity index (χ4v) is 1.63. The van der Waals surface area contributed by atoms with E-state index in [0.29, 0.717) is 10.9 Å². The molecule has 2 N–H and O–H groups in total. The number of primary amides is 1. The number of fused-ring (bicyclic) bond motifs is 1. The minimum atomic E-state index is -0.869. The largest absolute Gasteiger partial charge is 0.365 e. The van der Waals surface area contributed by atoms with Crippen molar-refractivity contribution >= 4 is 22.8 Å². The quantitative estimate of drug-likeness (QED) is 0.812. The lowest BCUT2D eigenvalue weighted by molar-refractivity contribution is -0.141. The maximum atomic E-state index is 11.9. The van der Waals surface area contributed by atoms with Crippen LogP contribution in [-0.2, 0) is 4.79 Å². The highest BCUT2D eigenvalue weighted by Crippen LogP contribution is 2.12. The van der Waals surface area contributed by atoms with Gasteiger partial charge in [0.15, 0.2) is 0 Å². The van der Waals surface area contributed by atoms with Gasteiger partial charge in [-0.05, 0) is 12.1 Å². The first-order valence-electron chi connectivity index (χ1n) is 5.14. The second-order valence-corrected chi connectivity index (χ2v) is 3.66. The van der Waals surface area contributed by atoms with Crippen molar-refractivity contribution < 1.29 is 14.4 Å². The van der Waals surface area contributed by atoms with Gasteiger partial charge in [-0.1, -0.05) is 18.2 Å². The number of pyridine rings is 1. The number of amides is 1. The molecule has 1 amide bonds.